The lowest BCUT2D eigenvalue weighted by atomic mass is 9.96. The summed E-state index contributed by atoms with van der Waals surface area (Å²) < 4.78 is 1.83. The van der Waals surface area contributed by atoms with Crippen LogP contribution in [0.25, 0.3) is 0 Å². The van der Waals surface area contributed by atoms with Crippen molar-refractivity contribution in [3.8, 4) is 0 Å². The lowest BCUT2D eigenvalue weighted by molar-refractivity contribution is 0.0574. The SMILES string of the molecule is CC(c1ccnc(Cl)c1)N1C[C@@H](C)n2nc3c(c2C1=O)CN(C(=O)c1ccc(Cl)c(Cl)c1)[C@H](C)C3. The Bertz CT molecular complexity index is 1340. The molecule has 0 saturated carbocycles. The molecule has 0 saturated heterocycles. The van der Waals surface area contributed by atoms with Gasteiger partial charge in [0.2, 0.25) is 0 Å². The van der Waals surface area contributed by atoms with Crippen LogP contribution in [0.3, 0.4) is 0 Å². The first-order chi connectivity index (χ1) is 16.7. The summed E-state index contributed by atoms with van der Waals surface area (Å²) in [4.78, 5) is 34.8. The predicted molar refractivity (Wildman–Crippen MR) is 135 cm³/mol. The summed E-state index contributed by atoms with van der Waals surface area (Å²) in [5, 5.41) is 5.92. The van der Waals surface area contributed by atoms with Crippen LogP contribution in [0.4, 0.5) is 0 Å². The molecule has 2 aromatic heterocycles. The summed E-state index contributed by atoms with van der Waals surface area (Å²) in [7, 11) is 0. The minimum absolute atomic E-state index is 0.0115. The van der Waals surface area contributed by atoms with E-state index < -0.39 is 0 Å². The molecule has 35 heavy (non-hydrogen) atoms. The number of nitrogens with zero attached hydrogens (tertiary/aromatic N) is 5. The first-order valence-corrected chi connectivity index (χ1v) is 12.6. The van der Waals surface area contributed by atoms with Gasteiger partial charge in [0.25, 0.3) is 11.8 Å². The average molecular weight is 533 g/mol. The van der Waals surface area contributed by atoms with Crippen LogP contribution in [-0.2, 0) is 13.0 Å². The summed E-state index contributed by atoms with van der Waals surface area (Å²) in [5.74, 6) is -0.261. The number of carbonyl (C=O) groups excluding carboxylic acids is 2. The number of benzene rings is 1. The normalized spacial score (nSPS) is 20.5. The smallest absolute Gasteiger partial charge is 0.273 e. The molecule has 0 N–H and O–H groups in total. The molecule has 3 aromatic rings. The number of hydrogen-bond acceptors (Lipinski definition) is 4. The van der Waals surface area contributed by atoms with Crippen LogP contribution in [-0.4, -0.2) is 49.0 Å². The first-order valence-electron chi connectivity index (χ1n) is 11.4. The highest BCUT2D eigenvalue weighted by Gasteiger charge is 2.40. The minimum Gasteiger partial charge on any atom is -0.331 e. The fraction of sp³-hybridized carbons (Fsp3) is 0.360. The van der Waals surface area contributed by atoms with Crippen LogP contribution < -0.4 is 0 Å². The van der Waals surface area contributed by atoms with E-state index in [4.69, 9.17) is 39.9 Å². The zero-order valence-corrected chi connectivity index (χ0v) is 21.8. The highest BCUT2D eigenvalue weighted by atomic mass is 35.5. The standard InChI is InChI=1S/C25H24Cl3N5O2/c1-13-8-21-18(12-31(13)24(34)17-4-5-19(26)20(27)9-17)23-25(35)32(11-14(2)33(23)30-21)15(3)16-6-7-29-22(28)10-16/h4-7,9-10,13-15H,8,11-12H2,1-3H3/t13-,14-,15?/m1/s1. The van der Waals surface area contributed by atoms with Crippen molar-refractivity contribution in [3.63, 3.8) is 0 Å². The molecule has 0 spiro atoms. The van der Waals surface area contributed by atoms with Gasteiger partial charge in [-0.3, -0.25) is 14.3 Å². The van der Waals surface area contributed by atoms with Gasteiger partial charge < -0.3 is 9.80 Å². The molecule has 4 heterocycles. The summed E-state index contributed by atoms with van der Waals surface area (Å²) in [5.41, 5.74) is 3.59. The third kappa shape index (κ3) is 4.20. The lowest BCUT2D eigenvalue weighted by Gasteiger charge is -2.37. The van der Waals surface area contributed by atoms with Gasteiger partial charge >= 0.3 is 0 Å². The van der Waals surface area contributed by atoms with Gasteiger partial charge in [-0.15, -0.1) is 0 Å². The second-order valence-corrected chi connectivity index (χ2v) is 10.4. The Morgan fingerprint density at radius 3 is 2.57 bits per heavy atom. The van der Waals surface area contributed by atoms with Crippen molar-refractivity contribution in [2.45, 2.75) is 51.9 Å². The van der Waals surface area contributed by atoms with Gasteiger partial charge in [0.05, 0.1) is 34.4 Å². The topological polar surface area (TPSA) is 71.3 Å². The zero-order valence-electron chi connectivity index (χ0n) is 19.5. The number of halogens is 3. The molecule has 1 unspecified atom stereocenters. The number of fused-ring (bicyclic) bond motifs is 3. The van der Waals surface area contributed by atoms with E-state index in [0.717, 1.165) is 16.8 Å². The molecule has 1 aromatic carbocycles. The Kier molecular flexibility index (Phi) is 6.28. The molecular weight excluding hydrogens is 509 g/mol. The fourth-order valence-electron chi connectivity index (χ4n) is 4.95. The maximum atomic E-state index is 13.8. The molecule has 0 aliphatic carbocycles. The summed E-state index contributed by atoms with van der Waals surface area (Å²) >= 11 is 18.3. The molecular formula is C25H24Cl3N5O2. The maximum absolute atomic E-state index is 13.8. The van der Waals surface area contributed by atoms with Gasteiger partial charge in [0, 0.05) is 36.3 Å². The first kappa shape index (κ1) is 24.1. The van der Waals surface area contributed by atoms with E-state index in [1.807, 2.05) is 29.5 Å². The van der Waals surface area contributed by atoms with Crippen molar-refractivity contribution in [1.29, 1.82) is 0 Å². The molecule has 0 bridgehead atoms. The van der Waals surface area contributed by atoms with E-state index in [2.05, 4.69) is 11.9 Å². The van der Waals surface area contributed by atoms with E-state index in [1.54, 1.807) is 35.4 Å². The summed E-state index contributed by atoms with van der Waals surface area (Å²) in [6, 6.07) is 8.24. The second-order valence-electron chi connectivity index (χ2n) is 9.23. The third-order valence-electron chi connectivity index (χ3n) is 6.91. The molecule has 2 amide bonds. The predicted octanol–water partition coefficient (Wildman–Crippen LogP) is 5.60. The summed E-state index contributed by atoms with van der Waals surface area (Å²) in [6.45, 7) is 6.85. The van der Waals surface area contributed by atoms with Gasteiger partial charge in [-0.05, 0) is 56.7 Å². The van der Waals surface area contributed by atoms with Crippen LogP contribution in [0.15, 0.2) is 36.5 Å². The molecule has 7 nitrogen and oxygen atoms in total. The number of carbonyl (C=O) groups is 2. The molecule has 2 aliphatic rings. The van der Waals surface area contributed by atoms with E-state index in [-0.39, 0.29) is 29.9 Å². The van der Waals surface area contributed by atoms with Gasteiger partial charge in [-0.2, -0.15) is 5.10 Å². The van der Waals surface area contributed by atoms with E-state index in [9.17, 15) is 9.59 Å². The average Bonchev–Trinajstić information content (AvgIpc) is 3.20. The number of aromatic nitrogens is 3. The van der Waals surface area contributed by atoms with Gasteiger partial charge in [0.1, 0.15) is 10.8 Å². The highest BCUT2D eigenvalue weighted by molar-refractivity contribution is 6.42. The Labute approximate surface area is 218 Å². The Morgan fingerprint density at radius 1 is 1.09 bits per heavy atom. The van der Waals surface area contributed by atoms with Gasteiger partial charge in [-0.25, -0.2) is 4.98 Å². The molecule has 0 fully saturated rings. The lowest BCUT2D eigenvalue weighted by Crippen LogP contribution is -2.45. The highest BCUT2D eigenvalue weighted by Crippen LogP contribution is 2.35. The minimum atomic E-state index is -0.193. The van der Waals surface area contributed by atoms with Crippen LogP contribution in [0.2, 0.25) is 15.2 Å². The van der Waals surface area contributed by atoms with Crippen LogP contribution >= 0.6 is 34.8 Å². The molecule has 5 rings (SSSR count). The maximum Gasteiger partial charge on any atom is 0.273 e. The fourth-order valence-corrected chi connectivity index (χ4v) is 5.43. The van der Waals surface area contributed by atoms with Crippen molar-refractivity contribution < 1.29 is 9.59 Å². The van der Waals surface area contributed by atoms with E-state index in [1.165, 1.54) is 0 Å². The molecule has 2 aliphatic heterocycles. The number of hydrogen-bond donors (Lipinski definition) is 0. The number of rotatable bonds is 3. The van der Waals surface area contributed by atoms with E-state index >= 15 is 0 Å². The Hall–Kier alpha value is -2.61. The van der Waals surface area contributed by atoms with Crippen LogP contribution in [0.5, 0.6) is 0 Å². The van der Waals surface area contributed by atoms with Crippen LogP contribution in [0.1, 0.15) is 70.5 Å². The van der Waals surface area contributed by atoms with E-state index in [0.29, 0.717) is 46.0 Å². The van der Waals surface area contributed by atoms with Crippen LogP contribution in [0, 0.1) is 0 Å². The summed E-state index contributed by atoms with van der Waals surface area (Å²) in [6.07, 6.45) is 2.21. The molecule has 182 valence electrons. The van der Waals surface area contributed by atoms with Crippen molar-refractivity contribution in [1.82, 2.24) is 24.6 Å². The molecule has 3 atom stereocenters. The largest absolute Gasteiger partial charge is 0.331 e. The van der Waals surface area contributed by atoms with Crippen molar-refractivity contribution in [2.75, 3.05) is 6.54 Å². The monoisotopic (exact) mass is 531 g/mol. The molecule has 0 radical (unpaired) electrons. The van der Waals surface area contributed by atoms with Crippen molar-refractivity contribution in [2.24, 2.45) is 0 Å². The quantitative estimate of drug-likeness (QED) is 0.412. The number of amides is 2. The van der Waals surface area contributed by atoms with Crippen molar-refractivity contribution >= 4 is 46.6 Å². The molecule has 10 heteroatoms. The number of pyridine rings is 1. The second kappa shape index (κ2) is 9.12. The Morgan fingerprint density at radius 2 is 1.86 bits per heavy atom. The van der Waals surface area contributed by atoms with Gasteiger partial charge in [-0.1, -0.05) is 34.8 Å². The Balaban J connectivity index is 1.48. The van der Waals surface area contributed by atoms with Gasteiger partial charge in [0.15, 0.2) is 0 Å². The third-order valence-corrected chi connectivity index (χ3v) is 7.86. The van der Waals surface area contributed by atoms with Crippen molar-refractivity contribution in [3.05, 3.63) is 79.8 Å². The zero-order chi connectivity index (χ0) is 25.0.